The van der Waals surface area contributed by atoms with E-state index in [9.17, 15) is 9.18 Å². The summed E-state index contributed by atoms with van der Waals surface area (Å²) in [6.07, 6.45) is 4.93. The van der Waals surface area contributed by atoms with Crippen molar-refractivity contribution in [3.63, 3.8) is 0 Å². The summed E-state index contributed by atoms with van der Waals surface area (Å²) in [4.78, 5) is 24.1. The van der Waals surface area contributed by atoms with Gasteiger partial charge in [0, 0.05) is 30.1 Å². The number of carboxylic acids is 1. The van der Waals surface area contributed by atoms with Crippen LogP contribution in [0.3, 0.4) is 0 Å². The Morgan fingerprint density at radius 2 is 2.03 bits per heavy atom. The molecule has 1 aromatic carbocycles. The Morgan fingerprint density at radius 3 is 2.70 bits per heavy atom. The summed E-state index contributed by atoms with van der Waals surface area (Å²) in [6.45, 7) is 4.53. The number of imidazole rings is 2. The van der Waals surface area contributed by atoms with Crippen molar-refractivity contribution in [3.8, 4) is 11.4 Å². The summed E-state index contributed by atoms with van der Waals surface area (Å²) >= 11 is 3.22. The van der Waals surface area contributed by atoms with Crippen LogP contribution in [0.25, 0.3) is 22.4 Å². The van der Waals surface area contributed by atoms with Crippen molar-refractivity contribution in [1.82, 2.24) is 24.1 Å². The van der Waals surface area contributed by atoms with Gasteiger partial charge in [-0.3, -0.25) is 9.78 Å². The molecule has 0 atom stereocenters. The minimum Gasteiger partial charge on any atom is -0.481 e. The number of nitrogens with zero attached hydrogens (tertiary/aromatic N) is 5. The lowest BCUT2D eigenvalue weighted by Gasteiger charge is -2.13. The number of fused-ring (bicyclic) bond motifs is 1. The van der Waals surface area contributed by atoms with Crippen LogP contribution in [-0.2, 0) is 17.8 Å². The molecule has 4 aromatic rings. The zero-order valence-electron chi connectivity index (χ0n) is 16.4. The Morgan fingerprint density at radius 1 is 1.23 bits per heavy atom. The minimum absolute atomic E-state index is 0.0869. The first-order chi connectivity index (χ1) is 14.3. The molecule has 0 aliphatic carbocycles. The van der Waals surface area contributed by atoms with Gasteiger partial charge in [0.2, 0.25) is 0 Å². The van der Waals surface area contributed by atoms with Crippen molar-refractivity contribution in [2.24, 2.45) is 0 Å². The molecule has 3 aromatic heterocycles. The number of halogens is 2. The third-order valence-corrected chi connectivity index (χ3v) is 5.30. The summed E-state index contributed by atoms with van der Waals surface area (Å²) in [7, 11) is 0. The van der Waals surface area contributed by atoms with Crippen molar-refractivity contribution in [2.75, 3.05) is 0 Å². The molecule has 3 heterocycles. The Kier molecular flexibility index (Phi) is 5.38. The topological polar surface area (TPSA) is 85.8 Å². The van der Waals surface area contributed by atoms with Gasteiger partial charge in [-0.25, -0.2) is 14.4 Å². The van der Waals surface area contributed by atoms with Gasteiger partial charge in [0.25, 0.3) is 0 Å². The number of carboxylic acid groups (broad SMARTS) is 1. The maximum atomic E-state index is 14.1. The monoisotopic (exact) mass is 471 g/mol. The van der Waals surface area contributed by atoms with E-state index >= 15 is 0 Å². The van der Waals surface area contributed by atoms with E-state index in [0.717, 1.165) is 22.6 Å². The fourth-order valence-corrected chi connectivity index (χ4v) is 3.72. The third kappa shape index (κ3) is 3.97. The lowest BCUT2D eigenvalue weighted by Crippen LogP contribution is -2.04. The molecule has 0 amide bonds. The highest BCUT2D eigenvalue weighted by molar-refractivity contribution is 9.10. The minimum atomic E-state index is -0.914. The lowest BCUT2D eigenvalue weighted by atomic mass is 10.2. The smallest absolute Gasteiger partial charge is 0.309 e. The number of benzene rings is 1. The van der Waals surface area contributed by atoms with Crippen LogP contribution >= 0.6 is 15.9 Å². The average Bonchev–Trinajstić information content (AvgIpc) is 3.26. The standard InChI is InChI=1S/C21H19BrFN5O2/c1-12(2)28-19-7-17(23)16(22)6-18(19)26-21(28)13-3-4-14(24-8-13)9-27-10-15(25-11-27)5-20(29)30/h3-4,6-8,10-12H,5,9H2,1-2H3,(H,29,30). The second-order valence-electron chi connectivity index (χ2n) is 7.30. The first-order valence-corrected chi connectivity index (χ1v) is 10.2. The molecule has 30 heavy (non-hydrogen) atoms. The quantitative estimate of drug-likeness (QED) is 0.448. The zero-order valence-corrected chi connectivity index (χ0v) is 18.0. The first kappa shape index (κ1) is 20.2. The number of rotatable bonds is 6. The fourth-order valence-electron chi connectivity index (χ4n) is 3.39. The van der Waals surface area contributed by atoms with E-state index in [-0.39, 0.29) is 18.3 Å². The van der Waals surface area contributed by atoms with Crippen molar-refractivity contribution >= 4 is 32.9 Å². The number of hydrogen-bond acceptors (Lipinski definition) is 4. The Bertz CT molecular complexity index is 1230. The van der Waals surface area contributed by atoms with Gasteiger partial charge >= 0.3 is 5.97 Å². The predicted molar refractivity (Wildman–Crippen MR) is 114 cm³/mol. The molecule has 0 saturated heterocycles. The third-order valence-electron chi connectivity index (χ3n) is 4.69. The normalized spacial score (nSPS) is 11.5. The molecule has 9 heteroatoms. The molecule has 0 spiro atoms. The first-order valence-electron chi connectivity index (χ1n) is 9.36. The van der Waals surface area contributed by atoms with E-state index in [4.69, 9.17) is 10.1 Å². The number of pyridine rings is 1. The Hall–Kier alpha value is -3.07. The second-order valence-corrected chi connectivity index (χ2v) is 8.15. The van der Waals surface area contributed by atoms with Crippen LogP contribution in [-0.4, -0.2) is 35.2 Å². The highest BCUT2D eigenvalue weighted by atomic mass is 79.9. The average molecular weight is 472 g/mol. The van der Waals surface area contributed by atoms with E-state index in [0.29, 0.717) is 22.2 Å². The zero-order chi connectivity index (χ0) is 21.4. The van der Waals surface area contributed by atoms with Crippen LogP contribution in [0.15, 0.2) is 47.5 Å². The maximum absolute atomic E-state index is 14.1. The highest BCUT2D eigenvalue weighted by Crippen LogP contribution is 2.31. The van der Waals surface area contributed by atoms with Crippen molar-refractivity contribution in [1.29, 1.82) is 0 Å². The van der Waals surface area contributed by atoms with Crippen LogP contribution in [0.5, 0.6) is 0 Å². The van der Waals surface area contributed by atoms with E-state index < -0.39 is 5.97 Å². The van der Waals surface area contributed by atoms with E-state index in [1.54, 1.807) is 29.4 Å². The molecule has 0 bridgehead atoms. The molecule has 7 nitrogen and oxygen atoms in total. The fraction of sp³-hybridized carbons (Fsp3) is 0.238. The Labute approximate surface area is 180 Å². The van der Waals surface area contributed by atoms with Gasteiger partial charge in [-0.15, -0.1) is 0 Å². The summed E-state index contributed by atoms with van der Waals surface area (Å²) in [6, 6.07) is 7.09. The highest BCUT2D eigenvalue weighted by Gasteiger charge is 2.17. The van der Waals surface area contributed by atoms with Crippen molar-refractivity contribution in [2.45, 2.75) is 32.9 Å². The molecule has 4 rings (SSSR count). The largest absolute Gasteiger partial charge is 0.481 e. The molecular formula is C21H19BrFN5O2. The van der Waals surface area contributed by atoms with Crippen LogP contribution in [0.1, 0.15) is 31.3 Å². The van der Waals surface area contributed by atoms with Crippen LogP contribution < -0.4 is 0 Å². The summed E-state index contributed by atoms with van der Waals surface area (Å²) in [5.74, 6) is -0.516. The number of carbonyl (C=O) groups is 1. The SMILES string of the molecule is CC(C)n1c(-c2ccc(Cn3cnc(CC(=O)O)c3)nc2)nc2cc(Br)c(F)cc21. The van der Waals surface area contributed by atoms with Gasteiger partial charge < -0.3 is 14.2 Å². The molecular weight excluding hydrogens is 453 g/mol. The summed E-state index contributed by atoms with van der Waals surface area (Å²) in [5.41, 5.74) is 3.58. The number of hydrogen-bond donors (Lipinski definition) is 1. The molecule has 0 saturated carbocycles. The van der Waals surface area contributed by atoms with E-state index in [1.807, 2.05) is 30.5 Å². The summed E-state index contributed by atoms with van der Waals surface area (Å²) in [5, 5.41) is 8.86. The van der Waals surface area contributed by atoms with Crippen molar-refractivity contribution in [3.05, 3.63) is 64.7 Å². The van der Waals surface area contributed by atoms with Crippen LogP contribution in [0, 0.1) is 5.82 Å². The maximum Gasteiger partial charge on any atom is 0.309 e. The van der Waals surface area contributed by atoms with Gasteiger partial charge in [-0.1, -0.05) is 0 Å². The number of aromatic nitrogens is 5. The molecule has 0 fully saturated rings. The summed E-state index contributed by atoms with van der Waals surface area (Å²) < 4.78 is 18.3. The van der Waals surface area contributed by atoms with Crippen LogP contribution in [0.2, 0.25) is 0 Å². The molecule has 0 aliphatic heterocycles. The van der Waals surface area contributed by atoms with Crippen LogP contribution in [0.4, 0.5) is 4.39 Å². The van der Waals surface area contributed by atoms with Crippen molar-refractivity contribution < 1.29 is 14.3 Å². The number of aliphatic carboxylic acids is 1. The lowest BCUT2D eigenvalue weighted by molar-refractivity contribution is -0.136. The van der Waals surface area contributed by atoms with Gasteiger partial charge in [0.05, 0.1) is 46.2 Å². The molecule has 0 unspecified atom stereocenters. The van der Waals surface area contributed by atoms with E-state index in [1.165, 1.54) is 6.07 Å². The Balaban J connectivity index is 1.64. The predicted octanol–water partition coefficient (Wildman–Crippen LogP) is 4.45. The molecule has 1 N–H and O–H groups in total. The van der Waals surface area contributed by atoms with Gasteiger partial charge in [-0.2, -0.15) is 0 Å². The van der Waals surface area contributed by atoms with E-state index in [2.05, 4.69) is 25.9 Å². The van der Waals surface area contributed by atoms with Gasteiger partial charge in [0.15, 0.2) is 0 Å². The molecule has 0 radical (unpaired) electrons. The van der Waals surface area contributed by atoms with Gasteiger partial charge in [0.1, 0.15) is 11.6 Å². The second kappa shape index (κ2) is 7.98. The molecule has 154 valence electrons. The van der Waals surface area contributed by atoms with Gasteiger partial charge in [-0.05, 0) is 48.0 Å². The molecule has 0 aliphatic rings.